The highest BCUT2D eigenvalue weighted by Gasteiger charge is 2.13. The Balaban J connectivity index is 1.65. The summed E-state index contributed by atoms with van der Waals surface area (Å²) in [5.41, 5.74) is 0.0513. The van der Waals surface area contributed by atoms with E-state index in [1.807, 2.05) is 13.8 Å². The summed E-state index contributed by atoms with van der Waals surface area (Å²) in [6, 6.07) is 13.0. The van der Waals surface area contributed by atoms with Crippen LogP contribution >= 0.6 is 0 Å². The Labute approximate surface area is 178 Å². The highest BCUT2D eigenvalue weighted by Crippen LogP contribution is 2.19. The van der Waals surface area contributed by atoms with Gasteiger partial charge in [0.05, 0.1) is 17.3 Å². The van der Waals surface area contributed by atoms with E-state index in [0.717, 1.165) is 0 Å². The van der Waals surface area contributed by atoms with Gasteiger partial charge in [0.15, 0.2) is 0 Å². The highest BCUT2D eigenvalue weighted by molar-refractivity contribution is 5.91. The lowest BCUT2D eigenvalue weighted by Crippen LogP contribution is -2.40. The van der Waals surface area contributed by atoms with E-state index in [0.29, 0.717) is 22.3 Å². The van der Waals surface area contributed by atoms with Gasteiger partial charge in [0.2, 0.25) is 0 Å². The summed E-state index contributed by atoms with van der Waals surface area (Å²) in [6.07, 6.45) is -0.0611. The van der Waals surface area contributed by atoms with Crippen molar-refractivity contribution in [1.82, 2.24) is 14.9 Å². The van der Waals surface area contributed by atoms with Crippen LogP contribution in [0.3, 0.4) is 0 Å². The van der Waals surface area contributed by atoms with Crippen LogP contribution in [-0.2, 0) is 11.3 Å². The van der Waals surface area contributed by atoms with E-state index in [2.05, 4.69) is 10.3 Å². The molecule has 0 fully saturated rings. The molecule has 0 atom stereocenters. The Morgan fingerprint density at radius 2 is 1.77 bits per heavy atom. The lowest BCUT2D eigenvalue weighted by atomic mass is 10.2. The van der Waals surface area contributed by atoms with E-state index < -0.39 is 17.2 Å². The minimum absolute atomic E-state index is 0.0160. The molecule has 0 unspecified atom stereocenters. The summed E-state index contributed by atoms with van der Waals surface area (Å²) in [5, 5.41) is 3.16. The van der Waals surface area contributed by atoms with Crippen molar-refractivity contribution in [1.29, 1.82) is 0 Å². The number of hydrogen-bond acceptors (Lipinski definition) is 5. The minimum atomic E-state index is -0.580. The number of fused-ring (bicyclic) bond motifs is 1. The number of H-pyrrole nitrogens is 1. The van der Waals surface area contributed by atoms with E-state index >= 15 is 0 Å². The number of carbonyl (C=O) groups is 2. The van der Waals surface area contributed by atoms with Crippen LogP contribution in [0.4, 0.5) is 10.5 Å². The number of para-hydroxylation sites is 1. The smallest absolute Gasteiger partial charge is 0.328 e. The minimum Gasteiger partial charge on any atom is -0.426 e. The number of anilines is 1. The van der Waals surface area contributed by atoms with E-state index in [-0.39, 0.29) is 25.0 Å². The number of benzene rings is 2. The molecule has 0 bridgehead atoms. The first-order chi connectivity index (χ1) is 14.8. The SMILES string of the molecule is CC(C)NC(=O)N(C)c1ccc(OC(=O)CCn2c(=O)[nH]c(=O)c3ccccc32)cc1. The second-order valence-electron chi connectivity index (χ2n) is 7.31. The number of hydrogen-bond donors (Lipinski definition) is 2. The summed E-state index contributed by atoms with van der Waals surface area (Å²) in [7, 11) is 1.64. The molecule has 0 aliphatic rings. The van der Waals surface area contributed by atoms with Gasteiger partial charge >= 0.3 is 17.7 Å². The van der Waals surface area contributed by atoms with Gasteiger partial charge in [0.1, 0.15) is 5.75 Å². The lowest BCUT2D eigenvalue weighted by Gasteiger charge is -2.20. The number of urea groups is 1. The van der Waals surface area contributed by atoms with E-state index in [1.165, 1.54) is 9.47 Å². The van der Waals surface area contributed by atoms with Crippen molar-refractivity contribution in [2.24, 2.45) is 0 Å². The molecule has 9 heteroatoms. The van der Waals surface area contributed by atoms with Gasteiger partial charge < -0.3 is 10.1 Å². The van der Waals surface area contributed by atoms with Crippen molar-refractivity contribution >= 4 is 28.6 Å². The predicted octanol–water partition coefficient (Wildman–Crippen LogP) is 2.24. The van der Waals surface area contributed by atoms with Gasteiger partial charge in [-0.05, 0) is 50.2 Å². The zero-order valence-corrected chi connectivity index (χ0v) is 17.5. The molecule has 2 aromatic carbocycles. The maximum atomic E-state index is 12.3. The molecule has 9 nitrogen and oxygen atoms in total. The third-order valence-corrected chi connectivity index (χ3v) is 4.62. The first-order valence-electron chi connectivity index (χ1n) is 9.83. The first-order valence-corrected chi connectivity index (χ1v) is 9.83. The molecular weight excluding hydrogens is 400 g/mol. The number of nitrogens with zero attached hydrogens (tertiary/aromatic N) is 2. The van der Waals surface area contributed by atoms with Crippen LogP contribution in [0.15, 0.2) is 58.1 Å². The van der Waals surface area contributed by atoms with Crippen molar-refractivity contribution in [3.05, 3.63) is 69.4 Å². The topological polar surface area (TPSA) is 114 Å². The quantitative estimate of drug-likeness (QED) is 0.465. The molecule has 1 heterocycles. The van der Waals surface area contributed by atoms with Crippen LogP contribution in [0.1, 0.15) is 20.3 Å². The number of nitrogens with one attached hydrogen (secondary N) is 2. The lowest BCUT2D eigenvalue weighted by molar-refractivity contribution is -0.134. The molecule has 0 radical (unpaired) electrons. The summed E-state index contributed by atoms with van der Waals surface area (Å²) >= 11 is 0. The van der Waals surface area contributed by atoms with Crippen molar-refractivity contribution in [3.8, 4) is 5.75 Å². The number of rotatable bonds is 6. The van der Waals surface area contributed by atoms with Gasteiger partial charge in [-0.15, -0.1) is 0 Å². The zero-order chi connectivity index (χ0) is 22.5. The molecule has 162 valence electrons. The number of ether oxygens (including phenoxy) is 1. The molecular formula is C22H24N4O5. The van der Waals surface area contributed by atoms with Crippen molar-refractivity contribution < 1.29 is 14.3 Å². The third-order valence-electron chi connectivity index (χ3n) is 4.62. The fraction of sp³-hybridized carbons (Fsp3) is 0.273. The fourth-order valence-corrected chi connectivity index (χ4v) is 3.05. The molecule has 2 amide bonds. The molecule has 0 aliphatic carbocycles. The monoisotopic (exact) mass is 424 g/mol. The second-order valence-corrected chi connectivity index (χ2v) is 7.31. The fourth-order valence-electron chi connectivity index (χ4n) is 3.05. The average Bonchev–Trinajstić information content (AvgIpc) is 2.73. The van der Waals surface area contributed by atoms with Gasteiger partial charge in [-0.2, -0.15) is 0 Å². The Morgan fingerprint density at radius 3 is 2.45 bits per heavy atom. The van der Waals surface area contributed by atoms with Crippen molar-refractivity contribution in [2.45, 2.75) is 32.9 Å². The summed E-state index contributed by atoms with van der Waals surface area (Å²) in [4.78, 5) is 52.1. The summed E-state index contributed by atoms with van der Waals surface area (Å²) in [5.74, 6) is -0.203. The van der Waals surface area contributed by atoms with E-state index in [9.17, 15) is 19.2 Å². The van der Waals surface area contributed by atoms with Crippen LogP contribution in [-0.4, -0.2) is 34.6 Å². The zero-order valence-electron chi connectivity index (χ0n) is 17.5. The average molecular weight is 424 g/mol. The van der Waals surface area contributed by atoms with Gasteiger partial charge in [0.25, 0.3) is 5.56 Å². The number of aromatic amines is 1. The molecule has 0 saturated heterocycles. The van der Waals surface area contributed by atoms with Crippen LogP contribution in [0.2, 0.25) is 0 Å². The number of amides is 2. The predicted molar refractivity (Wildman–Crippen MR) is 118 cm³/mol. The molecule has 0 spiro atoms. The second kappa shape index (κ2) is 9.29. The summed E-state index contributed by atoms with van der Waals surface area (Å²) in [6.45, 7) is 3.81. The largest absolute Gasteiger partial charge is 0.426 e. The highest BCUT2D eigenvalue weighted by atomic mass is 16.5. The number of carbonyl (C=O) groups excluding carboxylic acids is 2. The summed E-state index contributed by atoms with van der Waals surface area (Å²) < 4.78 is 6.66. The molecule has 3 rings (SSSR count). The number of aromatic nitrogens is 2. The van der Waals surface area contributed by atoms with Gasteiger partial charge in [-0.1, -0.05) is 12.1 Å². The first kappa shape index (κ1) is 21.8. The van der Waals surface area contributed by atoms with Crippen LogP contribution < -0.4 is 26.2 Å². The van der Waals surface area contributed by atoms with E-state index in [1.54, 1.807) is 55.6 Å². The van der Waals surface area contributed by atoms with Crippen molar-refractivity contribution in [2.75, 3.05) is 11.9 Å². The van der Waals surface area contributed by atoms with E-state index in [4.69, 9.17) is 4.74 Å². The van der Waals surface area contributed by atoms with Gasteiger partial charge in [-0.3, -0.25) is 24.0 Å². The van der Waals surface area contributed by atoms with Crippen LogP contribution in [0.5, 0.6) is 5.75 Å². The Bertz CT molecular complexity index is 1210. The molecule has 3 aromatic rings. The van der Waals surface area contributed by atoms with Gasteiger partial charge in [0, 0.05) is 25.3 Å². The van der Waals surface area contributed by atoms with Gasteiger partial charge in [-0.25, -0.2) is 9.59 Å². The van der Waals surface area contributed by atoms with Crippen LogP contribution in [0, 0.1) is 0 Å². The Morgan fingerprint density at radius 1 is 1.10 bits per heavy atom. The molecule has 0 aliphatic heterocycles. The number of aryl methyl sites for hydroxylation is 1. The molecule has 31 heavy (non-hydrogen) atoms. The standard InChI is InChI=1S/C22H24N4O5/c1-14(2)23-21(29)25(3)15-8-10-16(11-9-15)31-19(27)12-13-26-18-7-5-4-6-17(18)20(28)24-22(26)30/h4-11,14H,12-13H2,1-3H3,(H,23,29)(H,24,28,30). The maximum Gasteiger partial charge on any atom is 0.328 e. The van der Waals surface area contributed by atoms with Crippen molar-refractivity contribution in [3.63, 3.8) is 0 Å². The maximum absolute atomic E-state index is 12.3. The molecule has 2 N–H and O–H groups in total. The Kier molecular flexibility index (Phi) is 6.54. The normalized spacial score (nSPS) is 10.8. The molecule has 1 aromatic heterocycles. The number of esters is 1. The molecule has 0 saturated carbocycles. The third kappa shape index (κ3) is 5.19. The van der Waals surface area contributed by atoms with Crippen LogP contribution in [0.25, 0.3) is 10.9 Å². The Hall–Kier alpha value is -3.88.